The lowest BCUT2D eigenvalue weighted by Gasteiger charge is -2.59. The van der Waals surface area contributed by atoms with E-state index >= 15 is 0 Å². The molecule has 0 saturated heterocycles. The Morgan fingerprint density at radius 2 is 1.35 bits per heavy atom. The Kier molecular flexibility index (Phi) is 3.63. The first kappa shape index (κ1) is 13.4. The molecule has 0 amide bonds. The number of rotatable bonds is 4. The van der Waals surface area contributed by atoms with Gasteiger partial charge in [-0.1, -0.05) is 47.0 Å². The van der Waals surface area contributed by atoms with Crippen LogP contribution in [0.2, 0.25) is 0 Å². The van der Waals surface area contributed by atoms with Crippen LogP contribution in [0.4, 0.5) is 0 Å². The lowest BCUT2D eigenvalue weighted by molar-refractivity contribution is -0.0804. The Bertz CT molecular complexity index is 231. The van der Waals surface area contributed by atoms with E-state index in [-0.39, 0.29) is 0 Å². The molecule has 0 aromatic carbocycles. The minimum absolute atomic E-state index is 0.531. The average Bonchev–Trinajstić information content (AvgIpc) is 2.30. The molecule has 100 valence electrons. The van der Waals surface area contributed by atoms with Gasteiger partial charge in [0.15, 0.2) is 0 Å². The summed E-state index contributed by atoms with van der Waals surface area (Å²) in [5, 5.41) is 0. The smallest absolute Gasteiger partial charge is 0.0248 e. The second kappa shape index (κ2) is 4.59. The molecule has 2 bridgehead atoms. The van der Waals surface area contributed by atoms with Gasteiger partial charge in [0.1, 0.15) is 0 Å². The average molecular weight is 236 g/mol. The minimum Gasteiger partial charge on any atom is -0.0654 e. The zero-order valence-electron chi connectivity index (χ0n) is 12.6. The predicted octanol–water partition coefficient (Wildman–Crippen LogP) is 5.95. The summed E-state index contributed by atoms with van der Waals surface area (Å²) in [6.45, 7) is 9.75. The van der Waals surface area contributed by atoms with Crippen LogP contribution in [0.25, 0.3) is 0 Å². The van der Waals surface area contributed by atoms with Crippen LogP contribution >= 0.6 is 0 Å². The molecule has 3 rings (SSSR count). The molecule has 0 spiro atoms. The lowest BCUT2D eigenvalue weighted by Crippen LogP contribution is -2.48. The topological polar surface area (TPSA) is 0 Å². The second-order valence-electron chi connectivity index (χ2n) is 7.99. The van der Waals surface area contributed by atoms with Gasteiger partial charge < -0.3 is 0 Å². The van der Waals surface area contributed by atoms with Gasteiger partial charge in [0.25, 0.3) is 0 Å². The summed E-state index contributed by atoms with van der Waals surface area (Å²) in [6, 6.07) is 0. The molecule has 0 unspecified atom stereocenters. The van der Waals surface area contributed by atoms with Gasteiger partial charge in [0.2, 0.25) is 0 Å². The van der Waals surface area contributed by atoms with E-state index in [0.29, 0.717) is 10.8 Å². The van der Waals surface area contributed by atoms with Gasteiger partial charge in [0.05, 0.1) is 0 Å². The van der Waals surface area contributed by atoms with Crippen LogP contribution in [0.15, 0.2) is 0 Å². The maximum absolute atomic E-state index is 2.47. The molecule has 0 N–H and O–H groups in total. The van der Waals surface area contributed by atoms with Crippen molar-refractivity contribution in [2.24, 2.45) is 16.2 Å². The fourth-order valence-corrected chi connectivity index (χ4v) is 4.51. The number of hydrogen-bond acceptors (Lipinski definition) is 0. The normalized spacial score (nSPS) is 37.4. The zero-order chi connectivity index (χ0) is 12.6. The highest BCUT2D eigenvalue weighted by Gasteiger charge is 2.52. The lowest BCUT2D eigenvalue weighted by atomic mass is 9.46. The molecule has 3 fully saturated rings. The van der Waals surface area contributed by atoms with E-state index in [1.54, 1.807) is 0 Å². The quantitative estimate of drug-likeness (QED) is 0.529. The van der Waals surface area contributed by atoms with Crippen LogP contribution in [-0.2, 0) is 0 Å². The van der Waals surface area contributed by atoms with Gasteiger partial charge in [-0.15, -0.1) is 0 Å². The summed E-state index contributed by atoms with van der Waals surface area (Å²) in [6.07, 6.45) is 15.0. The molecule has 0 heterocycles. The maximum atomic E-state index is 2.47. The van der Waals surface area contributed by atoms with Crippen molar-refractivity contribution in [1.82, 2.24) is 0 Å². The van der Waals surface area contributed by atoms with E-state index in [9.17, 15) is 0 Å². The monoisotopic (exact) mass is 236 g/mol. The summed E-state index contributed by atoms with van der Waals surface area (Å²) in [4.78, 5) is 0. The van der Waals surface area contributed by atoms with Crippen molar-refractivity contribution in [2.75, 3.05) is 0 Å². The number of unbranched alkanes of at least 4 members (excludes halogenated alkanes) is 2. The molecule has 3 saturated carbocycles. The van der Waals surface area contributed by atoms with Crippen molar-refractivity contribution in [1.29, 1.82) is 0 Å². The third kappa shape index (κ3) is 2.42. The van der Waals surface area contributed by atoms with E-state index < -0.39 is 0 Å². The van der Waals surface area contributed by atoms with Crippen molar-refractivity contribution in [3.63, 3.8) is 0 Å². The van der Waals surface area contributed by atoms with Crippen molar-refractivity contribution < 1.29 is 0 Å². The predicted molar refractivity (Wildman–Crippen MR) is 76.2 cm³/mol. The van der Waals surface area contributed by atoms with E-state index in [2.05, 4.69) is 27.7 Å². The number of fused-ring (bicyclic) bond motifs is 3. The molecule has 3 aliphatic carbocycles. The first-order chi connectivity index (χ1) is 7.93. The summed E-state index contributed by atoms with van der Waals surface area (Å²) in [7, 11) is 0. The molecular formula is C17H32. The van der Waals surface area contributed by atoms with Gasteiger partial charge in [-0.3, -0.25) is 0 Å². The molecule has 0 heteroatoms. The first-order valence-corrected chi connectivity index (χ1v) is 7.93. The standard InChI is InChI=1S/C17H32/c1-5-6-7-8-16-9-12-17(13-10-16,14-11-16)15(2,3)4/h5-14H2,1-4H3. The highest BCUT2D eigenvalue weighted by molar-refractivity contribution is 5.03. The van der Waals surface area contributed by atoms with E-state index in [1.165, 1.54) is 64.2 Å². The summed E-state index contributed by atoms with van der Waals surface area (Å²) in [5.41, 5.74) is 2.00. The summed E-state index contributed by atoms with van der Waals surface area (Å²) in [5.74, 6) is 0. The Labute approximate surface area is 109 Å². The molecule has 0 atom stereocenters. The molecule has 0 aromatic heterocycles. The SMILES string of the molecule is CCCCCC12CCC(C(C)(C)C)(CC1)CC2. The van der Waals surface area contributed by atoms with E-state index in [4.69, 9.17) is 0 Å². The Hall–Kier alpha value is 0. The Balaban J connectivity index is 1.95. The van der Waals surface area contributed by atoms with Crippen LogP contribution in [-0.4, -0.2) is 0 Å². The van der Waals surface area contributed by atoms with Crippen molar-refractivity contribution in [2.45, 2.75) is 91.9 Å². The van der Waals surface area contributed by atoms with Crippen LogP contribution in [0.3, 0.4) is 0 Å². The van der Waals surface area contributed by atoms with Crippen LogP contribution < -0.4 is 0 Å². The summed E-state index contributed by atoms with van der Waals surface area (Å²) < 4.78 is 0. The van der Waals surface area contributed by atoms with Crippen LogP contribution in [0.5, 0.6) is 0 Å². The van der Waals surface area contributed by atoms with Crippen LogP contribution in [0, 0.1) is 16.2 Å². The van der Waals surface area contributed by atoms with Gasteiger partial charge in [-0.25, -0.2) is 0 Å². The highest BCUT2D eigenvalue weighted by Crippen LogP contribution is 2.64. The van der Waals surface area contributed by atoms with Crippen molar-refractivity contribution in [3.8, 4) is 0 Å². The van der Waals surface area contributed by atoms with E-state index in [0.717, 1.165) is 5.41 Å². The molecule has 0 aromatic rings. The maximum Gasteiger partial charge on any atom is -0.0248 e. The largest absolute Gasteiger partial charge is 0.0654 e. The zero-order valence-corrected chi connectivity index (χ0v) is 12.6. The summed E-state index contributed by atoms with van der Waals surface area (Å²) >= 11 is 0. The minimum atomic E-state index is 0.531. The van der Waals surface area contributed by atoms with Gasteiger partial charge in [-0.2, -0.15) is 0 Å². The third-order valence-electron chi connectivity index (χ3n) is 6.30. The first-order valence-electron chi connectivity index (χ1n) is 7.93. The molecule has 3 aliphatic rings. The molecular weight excluding hydrogens is 204 g/mol. The molecule has 17 heavy (non-hydrogen) atoms. The number of hydrogen-bond donors (Lipinski definition) is 0. The van der Waals surface area contributed by atoms with Gasteiger partial charge in [0, 0.05) is 0 Å². The van der Waals surface area contributed by atoms with Gasteiger partial charge >= 0.3 is 0 Å². The van der Waals surface area contributed by atoms with E-state index in [1.807, 2.05) is 0 Å². The Morgan fingerprint density at radius 3 is 1.76 bits per heavy atom. The molecule has 0 aliphatic heterocycles. The fourth-order valence-electron chi connectivity index (χ4n) is 4.51. The molecule has 0 radical (unpaired) electrons. The fraction of sp³-hybridized carbons (Fsp3) is 1.00. The Morgan fingerprint density at radius 1 is 0.824 bits per heavy atom. The third-order valence-corrected chi connectivity index (χ3v) is 6.30. The van der Waals surface area contributed by atoms with Crippen molar-refractivity contribution in [3.05, 3.63) is 0 Å². The van der Waals surface area contributed by atoms with Crippen molar-refractivity contribution >= 4 is 0 Å². The van der Waals surface area contributed by atoms with Gasteiger partial charge in [-0.05, 0) is 61.2 Å². The highest BCUT2D eigenvalue weighted by atomic mass is 14.6. The second-order valence-corrected chi connectivity index (χ2v) is 7.99. The van der Waals surface area contributed by atoms with Crippen LogP contribution in [0.1, 0.15) is 91.9 Å². The molecule has 0 nitrogen and oxygen atoms in total.